The molecule has 1 aliphatic rings. The predicted octanol–water partition coefficient (Wildman–Crippen LogP) is 3.00. The molecule has 0 spiro atoms. The number of benzene rings is 1. The number of carbonyl (C=O) groups excluding carboxylic acids is 1. The van der Waals surface area contributed by atoms with Gasteiger partial charge in [-0.05, 0) is 51.4 Å². The molecule has 5 heteroatoms. The number of rotatable bonds is 3. The first-order valence-corrected chi connectivity index (χ1v) is 7.60. The average molecular weight is 293 g/mol. The molecule has 3 N–H and O–H groups in total. The first-order chi connectivity index (χ1) is 9.99. The molecule has 116 valence electrons. The van der Waals surface area contributed by atoms with Gasteiger partial charge < -0.3 is 11.1 Å². The predicted molar refractivity (Wildman–Crippen MR) is 83.5 cm³/mol. The van der Waals surface area contributed by atoms with Crippen LogP contribution in [0.5, 0.6) is 0 Å². The zero-order valence-electron chi connectivity index (χ0n) is 12.7. The second kappa shape index (κ2) is 6.89. The van der Waals surface area contributed by atoms with Crippen molar-refractivity contribution in [3.05, 3.63) is 24.0 Å². The van der Waals surface area contributed by atoms with Gasteiger partial charge in [-0.1, -0.05) is 12.8 Å². The number of halogens is 1. The topological polar surface area (TPSA) is 58.4 Å². The summed E-state index contributed by atoms with van der Waals surface area (Å²) in [5, 5.41) is 2.82. The Bertz CT molecular complexity index is 506. The maximum absolute atomic E-state index is 13.1. The van der Waals surface area contributed by atoms with E-state index >= 15 is 0 Å². The molecule has 2 atom stereocenters. The fourth-order valence-corrected chi connectivity index (χ4v) is 2.89. The SMILES string of the molecule is CC1CCCCCN1C(C)C(=O)Nc1ccc(F)c(N)c1. The smallest absolute Gasteiger partial charge is 0.241 e. The molecule has 2 unspecified atom stereocenters. The van der Waals surface area contributed by atoms with E-state index in [1.54, 1.807) is 0 Å². The van der Waals surface area contributed by atoms with E-state index in [1.165, 1.54) is 31.0 Å². The summed E-state index contributed by atoms with van der Waals surface area (Å²) in [4.78, 5) is 14.6. The maximum Gasteiger partial charge on any atom is 0.241 e. The van der Waals surface area contributed by atoms with E-state index in [1.807, 2.05) is 6.92 Å². The normalized spacial score (nSPS) is 21.6. The number of nitrogens with zero attached hydrogens (tertiary/aromatic N) is 1. The van der Waals surface area contributed by atoms with Crippen molar-refractivity contribution in [2.45, 2.75) is 51.6 Å². The maximum atomic E-state index is 13.1. The first kappa shape index (κ1) is 15.8. The van der Waals surface area contributed by atoms with Crippen LogP contribution in [0.1, 0.15) is 39.5 Å². The Labute approximate surface area is 125 Å². The van der Waals surface area contributed by atoms with Crippen LogP contribution in [0.3, 0.4) is 0 Å². The molecule has 1 aromatic rings. The van der Waals surface area contributed by atoms with Crippen LogP contribution in [-0.2, 0) is 4.79 Å². The zero-order valence-corrected chi connectivity index (χ0v) is 12.7. The first-order valence-electron chi connectivity index (χ1n) is 7.60. The van der Waals surface area contributed by atoms with Crippen molar-refractivity contribution < 1.29 is 9.18 Å². The quantitative estimate of drug-likeness (QED) is 0.842. The lowest BCUT2D eigenvalue weighted by Gasteiger charge is -2.32. The summed E-state index contributed by atoms with van der Waals surface area (Å²) in [6.07, 6.45) is 4.71. The van der Waals surface area contributed by atoms with Crippen molar-refractivity contribution in [3.8, 4) is 0 Å². The molecule has 4 nitrogen and oxygen atoms in total. The number of likely N-dealkylation sites (tertiary alicyclic amines) is 1. The fraction of sp³-hybridized carbons (Fsp3) is 0.562. The molecule has 2 rings (SSSR count). The lowest BCUT2D eigenvalue weighted by molar-refractivity contribution is -0.121. The summed E-state index contributed by atoms with van der Waals surface area (Å²) in [5.74, 6) is -0.544. The second-order valence-electron chi connectivity index (χ2n) is 5.84. The highest BCUT2D eigenvalue weighted by molar-refractivity contribution is 5.94. The summed E-state index contributed by atoms with van der Waals surface area (Å²) in [5.41, 5.74) is 6.10. The van der Waals surface area contributed by atoms with E-state index in [4.69, 9.17) is 5.73 Å². The van der Waals surface area contributed by atoms with Crippen molar-refractivity contribution in [2.24, 2.45) is 0 Å². The number of nitrogen functional groups attached to an aromatic ring is 1. The molecule has 1 heterocycles. The van der Waals surface area contributed by atoms with Crippen molar-refractivity contribution in [1.82, 2.24) is 4.90 Å². The van der Waals surface area contributed by atoms with Gasteiger partial charge in [-0.25, -0.2) is 4.39 Å². The summed E-state index contributed by atoms with van der Waals surface area (Å²) in [7, 11) is 0. The number of hydrogen-bond donors (Lipinski definition) is 2. The molecular weight excluding hydrogens is 269 g/mol. The third-order valence-electron chi connectivity index (χ3n) is 4.24. The molecule has 0 saturated carbocycles. The number of carbonyl (C=O) groups is 1. The van der Waals surface area contributed by atoms with E-state index in [-0.39, 0.29) is 17.6 Å². The summed E-state index contributed by atoms with van der Waals surface area (Å²) < 4.78 is 13.1. The zero-order chi connectivity index (χ0) is 15.4. The Kier molecular flexibility index (Phi) is 5.17. The molecule has 1 fully saturated rings. The lowest BCUT2D eigenvalue weighted by Crippen LogP contribution is -2.46. The second-order valence-corrected chi connectivity index (χ2v) is 5.84. The van der Waals surface area contributed by atoms with E-state index < -0.39 is 5.82 Å². The van der Waals surface area contributed by atoms with Crippen LogP contribution < -0.4 is 11.1 Å². The summed E-state index contributed by atoms with van der Waals surface area (Å²) in [6.45, 7) is 5.04. The van der Waals surface area contributed by atoms with Crippen LogP contribution in [0.4, 0.5) is 15.8 Å². The van der Waals surface area contributed by atoms with Crippen LogP contribution in [0.25, 0.3) is 0 Å². The van der Waals surface area contributed by atoms with Gasteiger partial charge in [-0.2, -0.15) is 0 Å². The van der Waals surface area contributed by atoms with Gasteiger partial charge in [0.15, 0.2) is 0 Å². The van der Waals surface area contributed by atoms with Crippen LogP contribution in [-0.4, -0.2) is 29.4 Å². The molecule has 0 aromatic heterocycles. The van der Waals surface area contributed by atoms with Gasteiger partial charge in [-0.3, -0.25) is 9.69 Å². The number of nitrogens with two attached hydrogens (primary N) is 1. The minimum absolute atomic E-state index is 0.0450. The molecule has 0 radical (unpaired) electrons. The van der Waals surface area contributed by atoms with Gasteiger partial charge in [-0.15, -0.1) is 0 Å². The standard InChI is InChI=1S/C16H24FN3O/c1-11-6-4-3-5-9-20(11)12(2)16(21)19-13-7-8-14(17)15(18)10-13/h7-8,10-12H,3-6,9,18H2,1-2H3,(H,19,21). The Morgan fingerprint density at radius 3 is 2.90 bits per heavy atom. The Balaban J connectivity index is 2.02. The van der Waals surface area contributed by atoms with Crippen molar-refractivity contribution >= 4 is 17.3 Å². The fourth-order valence-electron chi connectivity index (χ4n) is 2.89. The van der Waals surface area contributed by atoms with Crippen molar-refractivity contribution in [2.75, 3.05) is 17.6 Å². The van der Waals surface area contributed by atoms with Crippen LogP contribution in [0.15, 0.2) is 18.2 Å². The molecule has 1 aliphatic heterocycles. The third-order valence-corrected chi connectivity index (χ3v) is 4.24. The number of anilines is 2. The number of nitrogens with one attached hydrogen (secondary N) is 1. The molecule has 1 aromatic carbocycles. The van der Waals surface area contributed by atoms with Gasteiger partial charge in [0.2, 0.25) is 5.91 Å². The summed E-state index contributed by atoms with van der Waals surface area (Å²) in [6, 6.07) is 4.45. The summed E-state index contributed by atoms with van der Waals surface area (Å²) >= 11 is 0. The van der Waals surface area contributed by atoms with Gasteiger partial charge >= 0.3 is 0 Å². The average Bonchev–Trinajstić information content (AvgIpc) is 2.66. The van der Waals surface area contributed by atoms with E-state index in [9.17, 15) is 9.18 Å². The largest absolute Gasteiger partial charge is 0.396 e. The van der Waals surface area contributed by atoms with Gasteiger partial charge in [0, 0.05) is 11.7 Å². The van der Waals surface area contributed by atoms with Crippen LogP contribution >= 0.6 is 0 Å². The molecular formula is C16H24FN3O. The Hall–Kier alpha value is -1.62. The Morgan fingerprint density at radius 2 is 2.19 bits per heavy atom. The lowest BCUT2D eigenvalue weighted by atomic mass is 10.1. The molecule has 0 bridgehead atoms. The van der Waals surface area contributed by atoms with Crippen LogP contribution in [0, 0.1) is 5.82 Å². The highest BCUT2D eigenvalue weighted by Gasteiger charge is 2.26. The molecule has 21 heavy (non-hydrogen) atoms. The van der Waals surface area contributed by atoms with E-state index in [2.05, 4.69) is 17.1 Å². The highest BCUT2D eigenvalue weighted by Crippen LogP contribution is 2.21. The van der Waals surface area contributed by atoms with Crippen molar-refractivity contribution in [3.63, 3.8) is 0 Å². The number of amides is 1. The highest BCUT2D eigenvalue weighted by atomic mass is 19.1. The number of hydrogen-bond acceptors (Lipinski definition) is 3. The molecule has 1 amide bonds. The minimum Gasteiger partial charge on any atom is -0.396 e. The van der Waals surface area contributed by atoms with E-state index in [0.717, 1.165) is 19.4 Å². The van der Waals surface area contributed by atoms with Gasteiger partial charge in [0.25, 0.3) is 0 Å². The van der Waals surface area contributed by atoms with Gasteiger partial charge in [0.1, 0.15) is 5.82 Å². The molecule has 0 aliphatic carbocycles. The van der Waals surface area contributed by atoms with Gasteiger partial charge in [0.05, 0.1) is 11.7 Å². The van der Waals surface area contributed by atoms with E-state index in [0.29, 0.717) is 11.7 Å². The third kappa shape index (κ3) is 3.94. The Morgan fingerprint density at radius 1 is 1.43 bits per heavy atom. The van der Waals surface area contributed by atoms with Crippen molar-refractivity contribution in [1.29, 1.82) is 0 Å². The molecule has 1 saturated heterocycles. The monoisotopic (exact) mass is 293 g/mol. The van der Waals surface area contributed by atoms with Crippen LogP contribution in [0.2, 0.25) is 0 Å². The minimum atomic E-state index is -0.470.